The second kappa shape index (κ2) is 9.49. The van der Waals surface area contributed by atoms with Gasteiger partial charge < -0.3 is 10.1 Å². The normalized spacial score (nSPS) is 11.6. The number of rotatable bonds is 6. The third-order valence-corrected chi connectivity index (χ3v) is 5.72. The summed E-state index contributed by atoms with van der Waals surface area (Å²) in [5.74, 6) is -0.0396. The lowest BCUT2D eigenvalue weighted by Crippen LogP contribution is -2.20. The lowest BCUT2D eigenvalue weighted by molar-refractivity contribution is 0.102. The minimum Gasteiger partial charge on any atom is -0.495 e. The van der Waals surface area contributed by atoms with E-state index < -0.39 is 17.2 Å². The number of nitrogens with one attached hydrogen (secondary N) is 1. The number of methoxy groups -OCH3 is 1. The van der Waals surface area contributed by atoms with E-state index in [2.05, 4.69) is 5.32 Å². The fraction of sp³-hybridized carbons (Fsp3) is 0.0952. The summed E-state index contributed by atoms with van der Waals surface area (Å²) in [5.41, 5.74) is 2.55. The molecule has 0 aromatic heterocycles. The summed E-state index contributed by atoms with van der Waals surface area (Å²) < 4.78 is 28.7. The molecule has 30 heavy (non-hydrogen) atoms. The summed E-state index contributed by atoms with van der Waals surface area (Å²) in [6.07, 6.45) is 0. The molecule has 2 N–H and O–H groups in total. The van der Waals surface area contributed by atoms with Crippen LogP contribution in [0.2, 0.25) is 10.0 Å². The first kappa shape index (κ1) is 22.1. The molecule has 0 spiro atoms. The van der Waals surface area contributed by atoms with Crippen LogP contribution in [0, 0.1) is 6.92 Å². The molecule has 0 bridgehead atoms. The molecule has 0 aliphatic heterocycles. The zero-order valence-corrected chi connectivity index (χ0v) is 18.4. The van der Waals surface area contributed by atoms with E-state index in [0.29, 0.717) is 33.4 Å². The number of hydrogen-bond acceptors (Lipinski definition) is 3. The maximum atomic E-state index is 12.6. The van der Waals surface area contributed by atoms with Gasteiger partial charge in [0.1, 0.15) is 11.4 Å². The molecule has 0 fully saturated rings. The first-order valence-corrected chi connectivity index (χ1v) is 10.5. The van der Waals surface area contributed by atoms with E-state index in [1.807, 2.05) is 19.1 Å². The number of hydrogen-bond donors (Lipinski definition) is 2. The number of nitrogens with zero attached hydrogens (tertiary/aromatic N) is 1. The number of amides is 1. The van der Waals surface area contributed by atoms with Gasteiger partial charge >= 0.3 is 0 Å². The van der Waals surface area contributed by atoms with Gasteiger partial charge in [0, 0.05) is 11.3 Å². The minimum atomic E-state index is -2.38. The van der Waals surface area contributed by atoms with Gasteiger partial charge in [0.15, 0.2) is 0 Å². The van der Waals surface area contributed by atoms with Crippen LogP contribution in [-0.2, 0) is 11.3 Å². The second-order valence-corrected chi connectivity index (χ2v) is 7.97. The van der Waals surface area contributed by atoms with Crippen LogP contribution >= 0.6 is 23.2 Å². The van der Waals surface area contributed by atoms with Crippen molar-refractivity contribution in [3.8, 4) is 5.75 Å². The monoisotopic (exact) mass is 464 g/mol. The molecular weight excluding hydrogens is 447 g/mol. The van der Waals surface area contributed by atoms with E-state index in [1.54, 1.807) is 36.4 Å². The maximum Gasteiger partial charge on any atom is 0.266 e. The first-order chi connectivity index (χ1) is 14.3. The van der Waals surface area contributed by atoms with E-state index >= 15 is 0 Å². The molecule has 3 aromatic carbocycles. The lowest BCUT2D eigenvalue weighted by Gasteiger charge is -2.23. The minimum absolute atomic E-state index is 0.265. The smallest absolute Gasteiger partial charge is 0.266 e. The topological polar surface area (TPSA) is 78.9 Å². The Balaban J connectivity index is 1.97. The van der Waals surface area contributed by atoms with Crippen LogP contribution in [0.1, 0.15) is 15.9 Å². The fourth-order valence-corrected chi connectivity index (χ4v) is 3.67. The molecule has 156 valence electrons. The molecule has 1 amide bonds. The van der Waals surface area contributed by atoms with Gasteiger partial charge in [-0.2, -0.15) is 0 Å². The van der Waals surface area contributed by atoms with Crippen LogP contribution in [0.3, 0.4) is 0 Å². The van der Waals surface area contributed by atoms with Crippen LogP contribution in [-0.4, -0.2) is 21.8 Å². The van der Waals surface area contributed by atoms with Crippen LogP contribution < -0.4 is 14.4 Å². The Hall–Kier alpha value is -2.58. The number of ether oxygens (including phenoxy) is 1. The van der Waals surface area contributed by atoms with Gasteiger partial charge in [0.25, 0.3) is 17.2 Å². The molecule has 0 radical (unpaired) electrons. The highest BCUT2D eigenvalue weighted by Gasteiger charge is 2.20. The van der Waals surface area contributed by atoms with Gasteiger partial charge in [-0.05, 0) is 55.5 Å². The molecule has 0 aliphatic carbocycles. The predicted molar refractivity (Wildman–Crippen MR) is 121 cm³/mol. The summed E-state index contributed by atoms with van der Waals surface area (Å²) in [6, 6.07) is 16.5. The van der Waals surface area contributed by atoms with Crippen molar-refractivity contribution >= 4 is 57.4 Å². The number of carbonyl (C=O) groups is 1. The summed E-state index contributed by atoms with van der Waals surface area (Å²) in [4.78, 5) is 12.6. The molecule has 1 unspecified atom stereocenters. The Morgan fingerprint density at radius 1 is 1.03 bits per heavy atom. The Morgan fingerprint density at radius 2 is 1.73 bits per heavy atom. The molecule has 0 aliphatic rings. The second-order valence-electron chi connectivity index (χ2n) is 6.33. The molecule has 0 saturated heterocycles. The van der Waals surface area contributed by atoms with E-state index in [4.69, 9.17) is 27.9 Å². The molecular formula is C21H18Cl2N2O4S. The van der Waals surface area contributed by atoms with Crippen molar-refractivity contribution in [1.82, 2.24) is 0 Å². The number of carbonyl (C=O) groups excluding carboxylic acids is 1. The van der Waals surface area contributed by atoms with Gasteiger partial charge in [-0.15, -0.1) is 0 Å². The third-order valence-electron chi connectivity index (χ3n) is 4.26. The number of benzene rings is 3. The van der Waals surface area contributed by atoms with E-state index in [9.17, 15) is 13.6 Å². The average Bonchev–Trinajstić information content (AvgIpc) is 2.71. The highest BCUT2D eigenvalue weighted by atomic mass is 35.5. The Morgan fingerprint density at radius 3 is 2.33 bits per heavy atom. The Kier molecular flexibility index (Phi) is 6.99. The van der Waals surface area contributed by atoms with E-state index in [-0.39, 0.29) is 5.02 Å². The average molecular weight is 465 g/mol. The molecule has 3 aromatic rings. The van der Waals surface area contributed by atoms with Crippen molar-refractivity contribution in [3.05, 3.63) is 81.8 Å². The highest BCUT2D eigenvalue weighted by molar-refractivity contribution is 7.81. The standard InChI is InChI=1S/C21H18Cl2N2O4S/c1-13-3-7-16(8-4-13)25(30(27)28)19-12-15(6-10-20(19)29-2)24-21(26)14-5-9-17(22)18(23)11-14/h3-12H,1-2H3,(H,24,26)(H,27,28). The number of anilines is 3. The quantitative estimate of drug-likeness (QED) is 0.449. The Labute approximate surface area is 186 Å². The highest BCUT2D eigenvalue weighted by Crippen LogP contribution is 2.37. The summed E-state index contributed by atoms with van der Waals surface area (Å²) in [5, 5.41) is 3.36. The van der Waals surface area contributed by atoms with Crippen LogP contribution in [0.5, 0.6) is 5.75 Å². The Bertz CT molecular complexity index is 1110. The molecule has 6 nitrogen and oxygen atoms in total. The predicted octanol–water partition coefficient (Wildman–Crippen LogP) is 5.84. The van der Waals surface area contributed by atoms with Crippen LogP contribution in [0.25, 0.3) is 0 Å². The van der Waals surface area contributed by atoms with Crippen LogP contribution in [0.4, 0.5) is 17.1 Å². The molecule has 1 atom stereocenters. The SMILES string of the molecule is COc1ccc(NC(=O)c2ccc(Cl)c(Cl)c2)cc1N(c1ccc(C)cc1)S(=O)O. The van der Waals surface area contributed by atoms with Gasteiger partial charge in [-0.3, -0.25) is 9.35 Å². The van der Waals surface area contributed by atoms with Crippen molar-refractivity contribution in [2.75, 3.05) is 16.7 Å². The van der Waals surface area contributed by atoms with Crippen LogP contribution in [0.15, 0.2) is 60.7 Å². The van der Waals surface area contributed by atoms with Gasteiger partial charge in [-0.1, -0.05) is 40.9 Å². The van der Waals surface area contributed by atoms with E-state index in [1.165, 1.54) is 23.5 Å². The zero-order chi connectivity index (χ0) is 21.8. The van der Waals surface area contributed by atoms with Crippen molar-refractivity contribution in [2.24, 2.45) is 0 Å². The summed E-state index contributed by atoms with van der Waals surface area (Å²) in [6.45, 7) is 1.92. The maximum absolute atomic E-state index is 12.6. The fourth-order valence-electron chi connectivity index (χ4n) is 2.76. The summed E-state index contributed by atoms with van der Waals surface area (Å²) >= 11 is 9.50. The lowest BCUT2D eigenvalue weighted by atomic mass is 10.2. The summed E-state index contributed by atoms with van der Waals surface area (Å²) in [7, 11) is 1.46. The molecule has 3 rings (SSSR count). The first-order valence-electron chi connectivity index (χ1n) is 8.72. The number of aryl methyl sites for hydroxylation is 1. The molecule has 0 saturated carbocycles. The van der Waals surface area contributed by atoms with Gasteiger partial charge in [-0.25, -0.2) is 8.51 Å². The molecule has 0 heterocycles. The third kappa shape index (κ3) is 4.94. The van der Waals surface area contributed by atoms with Gasteiger partial charge in [0.05, 0.1) is 22.8 Å². The van der Waals surface area contributed by atoms with Crippen molar-refractivity contribution < 1.29 is 18.3 Å². The van der Waals surface area contributed by atoms with Crippen molar-refractivity contribution in [2.45, 2.75) is 6.92 Å². The largest absolute Gasteiger partial charge is 0.495 e. The van der Waals surface area contributed by atoms with E-state index in [0.717, 1.165) is 5.56 Å². The van der Waals surface area contributed by atoms with Crippen molar-refractivity contribution in [3.63, 3.8) is 0 Å². The van der Waals surface area contributed by atoms with Gasteiger partial charge in [0.2, 0.25) is 0 Å². The number of halogens is 2. The molecule has 9 heteroatoms. The zero-order valence-electron chi connectivity index (χ0n) is 16.1. The van der Waals surface area contributed by atoms with Crippen molar-refractivity contribution in [1.29, 1.82) is 0 Å².